The molecule has 0 fully saturated rings. The van der Waals surface area contributed by atoms with E-state index in [1.54, 1.807) is 37.4 Å². The first-order chi connectivity index (χ1) is 12.5. The second-order valence-corrected chi connectivity index (χ2v) is 6.15. The van der Waals surface area contributed by atoms with Gasteiger partial charge in [0.1, 0.15) is 5.75 Å². The molecule has 0 aliphatic rings. The molecule has 0 aliphatic heterocycles. The van der Waals surface area contributed by atoms with E-state index in [2.05, 4.69) is 29.3 Å². The van der Waals surface area contributed by atoms with Crippen molar-refractivity contribution < 1.29 is 9.53 Å². The number of carbonyl (C=O) groups excluding carboxylic acids is 1. The molecule has 6 heteroatoms. The van der Waals surface area contributed by atoms with Crippen LogP contribution in [0.5, 0.6) is 5.75 Å². The molecule has 1 unspecified atom stereocenters. The molecule has 1 amide bonds. The van der Waals surface area contributed by atoms with E-state index in [9.17, 15) is 4.79 Å². The summed E-state index contributed by atoms with van der Waals surface area (Å²) in [5.74, 6) is 0.254. The molecule has 0 saturated carbocycles. The number of hydrogen-bond donors (Lipinski definition) is 1. The highest BCUT2D eigenvalue weighted by atomic mass is 35.5. The van der Waals surface area contributed by atoms with Crippen molar-refractivity contribution in [3.63, 3.8) is 0 Å². The minimum absolute atomic E-state index is 0.323. The Bertz CT molecular complexity index is 726. The quantitative estimate of drug-likeness (QED) is 0.559. The SMILES string of the molecule is CCN(CC)c1ccc(C=NNC(=O)C(C)Oc2ccc(Cl)cc2)cc1. The highest BCUT2D eigenvalue weighted by Crippen LogP contribution is 2.17. The van der Waals surface area contributed by atoms with E-state index >= 15 is 0 Å². The van der Waals surface area contributed by atoms with Crippen molar-refractivity contribution in [2.75, 3.05) is 18.0 Å². The molecular weight excluding hydrogens is 350 g/mol. The summed E-state index contributed by atoms with van der Waals surface area (Å²) in [6, 6.07) is 14.9. The second-order valence-electron chi connectivity index (χ2n) is 5.71. The fourth-order valence-electron chi connectivity index (χ4n) is 2.39. The van der Waals surface area contributed by atoms with E-state index in [1.165, 1.54) is 5.69 Å². The molecule has 0 spiro atoms. The van der Waals surface area contributed by atoms with Crippen LogP contribution in [0, 0.1) is 0 Å². The average Bonchev–Trinajstić information content (AvgIpc) is 2.65. The molecule has 1 atom stereocenters. The van der Waals surface area contributed by atoms with Crippen molar-refractivity contribution in [1.82, 2.24) is 5.43 Å². The zero-order valence-electron chi connectivity index (χ0n) is 15.3. The maximum atomic E-state index is 12.0. The van der Waals surface area contributed by atoms with Gasteiger partial charge >= 0.3 is 0 Å². The van der Waals surface area contributed by atoms with Crippen LogP contribution >= 0.6 is 11.6 Å². The molecule has 0 bridgehead atoms. The fraction of sp³-hybridized carbons (Fsp3) is 0.300. The largest absolute Gasteiger partial charge is 0.481 e. The molecule has 0 heterocycles. The van der Waals surface area contributed by atoms with E-state index in [1.807, 2.05) is 24.3 Å². The summed E-state index contributed by atoms with van der Waals surface area (Å²) in [4.78, 5) is 14.3. The van der Waals surface area contributed by atoms with Crippen LogP contribution < -0.4 is 15.1 Å². The van der Waals surface area contributed by atoms with Gasteiger partial charge in [0.15, 0.2) is 6.10 Å². The molecule has 0 aromatic heterocycles. The van der Waals surface area contributed by atoms with E-state index < -0.39 is 6.10 Å². The summed E-state index contributed by atoms with van der Waals surface area (Å²) in [5.41, 5.74) is 4.57. The Morgan fingerprint density at radius 3 is 2.35 bits per heavy atom. The first-order valence-electron chi connectivity index (χ1n) is 8.63. The summed E-state index contributed by atoms with van der Waals surface area (Å²) < 4.78 is 5.55. The Labute approximate surface area is 159 Å². The third-order valence-corrected chi connectivity index (χ3v) is 4.16. The van der Waals surface area contributed by atoms with Crippen molar-refractivity contribution in [3.05, 3.63) is 59.1 Å². The number of anilines is 1. The number of nitrogens with zero attached hydrogens (tertiary/aromatic N) is 2. The van der Waals surface area contributed by atoms with Crippen LogP contribution in [0.1, 0.15) is 26.3 Å². The predicted molar refractivity (Wildman–Crippen MR) is 107 cm³/mol. The normalized spacial score (nSPS) is 12.0. The van der Waals surface area contributed by atoms with Gasteiger partial charge in [-0.05, 0) is 62.7 Å². The smallest absolute Gasteiger partial charge is 0.280 e. The molecular formula is C20H24ClN3O2. The minimum Gasteiger partial charge on any atom is -0.481 e. The van der Waals surface area contributed by atoms with Gasteiger partial charge in [0.2, 0.25) is 0 Å². The summed E-state index contributed by atoms with van der Waals surface area (Å²) in [6.07, 6.45) is 0.942. The van der Waals surface area contributed by atoms with Crippen LogP contribution in [-0.4, -0.2) is 31.3 Å². The molecule has 5 nitrogen and oxygen atoms in total. The van der Waals surface area contributed by atoms with Gasteiger partial charge in [-0.3, -0.25) is 4.79 Å². The number of benzene rings is 2. The van der Waals surface area contributed by atoms with Crippen LogP contribution in [0.15, 0.2) is 53.6 Å². The molecule has 2 aromatic carbocycles. The number of nitrogens with one attached hydrogen (secondary N) is 1. The number of carbonyl (C=O) groups is 1. The van der Waals surface area contributed by atoms with Gasteiger partial charge in [-0.15, -0.1) is 0 Å². The van der Waals surface area contributed by atoms with Crippen LogP contribution in [0.25, 0.3) is 0 Å². The zero-order chi connectivity index (χ0) is 18.9. The molecule has 2 aromatic rings. The van der Waals surface area contributed by atoms with E-state index in [0.717, 1.165) is 18.7 Å². The lowest BCUT2D eigenvalue weighted by Crippen LogP contribution is -2.33. The first kappa shape index (κ1) is 19.8. The standard InChI is InChI=1S/C20H24ClN3O2/c1-4-24(5-2)18-10-6-16(7-11-18)14-22-23-20(25)15(3)26-19-12-8-17(21)9-13-19/h6-15H,4-5H2,1-3H3,(H,23,25). The first-order valence-corrected chi connectivity index (χ1v) is 9.01. The van der Waals surface area contributed by atoms with E-state index in [4.69, 9.17) is 16.3 Å². The molecule has 0 saturated heterocycles. The highest BCUT2D eigenvalue weighted by Gasteiger charge is 2.13. The fourth-order valence-corrected chi connectivity index (χ4v) is 2.52. The Balaban J connectivity index is 1.86. The maximum Gasteiger partial charge on any atom is 0.280 e. The number of amides is 1. The van der Waals surface area contributed by atoms with Gasteiger partial charge in [0.05, 0.1) is 6.21 Å². The highest BCUT2D eigenvalue weighted by molar-refractivity contribution is 6.30. The van der Waals surface area contributed by atoms with Crippen LogP contribution in [-0.2, 0) is 4.79 Å². The number of halogens is 1. The van der Waals surface area contributed by atoms with Gasteiger partial charge in [-0.1, -0.05) is 23.7 Å². The Hall–Kier alpha value is -2.53. The summed E-state index contributed by atoms with van der Waals surface area (Å²) >= 11 is 5.82. The lowest BCUT2D eigenvalue weighted by atomic mass is 10.2. The number of hydrogen-bond acceptors (Lipinski definition) is 4. The van der Waals surface area contributed by atoms with Crippen molar-refractivity contribution in [3.8, 4) is 5.75 Å². The van der Waals surface area contributed by atoms with Crippen molar-refractivity contribution in [2.24, 2.45) is 5.10 Å². The van der Waals surface area contributed by atoms with Gasteiger partial charge in [-0.2, -0.15) is 5.10 Å². The van der Waals surface area contributed by atoms with Crippen molar-refractivity contribution in [1.29, 1.82) is 0 Å². The summed E-state index contributed by atoms with van der Waals surface area (Å²) in [7, 11) is 0. The van der Waals surface area contributed by atoms with Gasteiger partial charge in [0.25, 0.3) is 5.91 Å². The molecule has 2 rings (SSSR count). The number of hydrazone groups is 1. The maximum absolute atomic E-state index is 12.0. The molecule has 0 aliphatic carbocycles. The van der Waals surface area contributed by atoms with Gasteiger partial charge < -0.3 is 9.64 Å². The van der Waals surface area contributed by atoms with Crippen LogP contribution in [0.3, 0.4) is 0 Å². The number of ether oxygens (including phenoxy) is 1. The number of rotatable bonds is 8. The van der Waals surface area contributed by atoms with Crippen molar-refractivity contribution >= 4 is 29.4 Å². The van der Waals surface area contributed by atoms with Gasteiger partial charge in [-0.25, -0.2) is 5.43 Å². The zero-order valence-corrected chi connectivity index (χ0v) is 16.0. The molecule has 26 heavy (non-hydrogen) atoms. The van der Waals surface area contributed by atoms with Crippen molar-refractivity contribution in [2.45, 2.75) is 26.9 Å². The molecule has 1 N–H and O–H groups in total. The lowest BCUT2D eigenvalue weighted by molar-refractivity contribution is -0.127. The minimum atomic E-state index is -0.668. The lowest BCUT2D eigenvalue weighted by Gasteiger charge is -2.20. The second kappa shape index (κ2) is 9.82. The summed E-state index contributed by atoms with van der Waals surface area (Å²) in [6.45, 7) is 7.85. The van der Waals surface area contributed by atoms with E-state index in [0.29, 0.717) is 10.8 Å². The predicted octanol–water partition coefficient (Wildman–Crippen LogP) is 4.10. The summed E-state index contributed by atoms with van der Waals surface area (Å²) in [5, 5.41) is 4.61. The topological polar surface area (TPSA) is 53.9 Å². The molecule has 138 valence electrons. The third kappa shape index (κ3) is 5.77. The molecule has 0 radical (unpaired) electrons. The Kier molecular flexibility index (Phi) is 7.48. The van der Waals surface area contributed by atoms with Crippen LogP contribution in [0.4, 0.5) is 5.69 Å². The van der Waals surface area contributed by atoms with E-state index in [-0.39, 0.29) is 5.91 Å². The Morgan fingerprint density at radius 1 is 1.15 bits per heavy atom. The monoisotopic (exact) mass is 373 g/mol. The van der Waals surface area contributed by atoms with Crippen LogP contribution in [0.2, 0.25) is 5.02 Å². The Morgan fingerprint density at radius 2 is 1.77 bits per heavy atom. The third-order valence-electron chi connectivity index (χ3n) is 3.91. The van der Waals surface area contributed by atoms with Gasteiger partial charge in [0, 0.05) is 23.8 Å². The average molecular weight is 374 g/mol.